The van der Waals surface area contributed by atoms with E-state index in [0.717, 1.165) is 28.1 Å². The molecule has 0 unspecified atom stereocenters. The van der Waals surface area contributed by atoms with Gasteiger partial charge in [-0.2, -0.15) is 16.9 Å². The first-order valence-corrected chi connectivity index (χ1v) is 10.2. The minimum Gasteiger partial charge on any atom is -0.306 e. The van der Waals surface area contributed by atoms with Gasteiger partial charge in [0.15, 0.2) is 0 Å². The molecule has 0 radical (unpaired) electrons. The Kier molecular flexibility index (Phi) is 4.32. The number of thioether (sulfide) groups is 1. The second-order valence-electron chi connectivity index (χ2n) is 6.79. The average molecular weight is 407 g/mol. The normalized spacial score (nSPS) is 12.9. The maximum Gasteiger partial charge on any atom is 0.257 e. The smallest absolute Gasteiger partial charge is 0.257 e. The van der Waals surface area contributed by atoms with E-state index in [4.69, 9.17) is 0 Å². The van der Waals surface area contributed by atoms with Gasteiger partial charge in [0, 0.05) is 28.7 Å². The van der Waals surface area contributed by atoms with Crippen LogP contribution >= 0.6 is 11.8 Å². The van der Waals surface area contributed by atoms with Crippen LogP contribution in [-0.4, -0.2) is 15.7 Å². The van der Waals surface area contributed by atoms with Crippen molar-refractivity contribution >= 4 is 34.3 Å². The summed E-state index contributed by atoms with van der Waals surface area (Å²) in [5.74, 6) is 0.135. The molecule has 0 fully saturated rings. The van der Waals surface area contributed by atoms with Gasteiger partial charge in [0.2, 0.25) is 0 Å². The lowest BCUT2D eigenvalue weighted by Gasteiger charge is -2.12. The first-order chi connectivity index (χ1) is 14.1. The molecule has 3 aromatic carbocycles. The number of carbonyl (C=O) groups is 1. The molecule has 1 aliphatic rings. The Bertz CT molecular complexity index is 1240. The molecule has 0 bridgehead atoms. The summed E-state index contributed by atoms with van der Waals surface area (Å²) in [5.41, 5.74) is 2.46. The Labute approximate surface area is 169 Å². The van der Waals surface area contributed by atoms with Crippen LogP contribution in [0.4, 0.5) is 14.6 Å². The summed E-state index contributed by atoms with van der Waals surface area (Å²) in [7, 11) is 0. The third-order valence-corrected chi connectivity index (χ3v) is 5.88. The van der Waals surface area contributed by atoms with Crippen molar-refractivity contribution < 1.29 is 13.6 Å². The van der Waals surface area contributed by atoms with Crippen LogP contribution in [0.5, 0.6) is 0 Å². The Hall–Kier alpha value is -3.19. The second kappa shape index (κ2) is 7.00. The van der Waals surface area contributed by atoms with Gasteiger partial charge in [0.05, 0.1) is 11.4 Å². The van der Waals surface area contributed by atoms with Gasteiger partial charge in [-0.3, -0.25) is 4.79 Å². The first-order valence-electron chi connectivity index (χ1n) is 9.04. The number of benzene rings is 3. The lowest BCUT2D eigenvalue weighted by molar-refractivity contribution is 0.102. The van der Waals surface area contributed by atoms with Crippen molar-refractivity contribution in [1.82, 2.24) is 9.78 Å². The van der Waals surface area contributed by atoms with E-state index in [1.807, 2.05) is 36.4 Å². The largest absolute Gasteiger partial charge is 0.306 e. The van der Waals surface area contributed by atoms with Gasteiger partial charge in [0.1, 0.15) is 17.5 Å². The predicted molar refractivity (Wildman–Crippen MR) is 110 cm³/mol. The molecule has 1 N–H and O–H groups in total. The molecular weight excluding hydrogens is 392 g/mol. The summed E-state index contributed by atoms with van der Waals surface area (Å²) in [6, 6.07) is 16.4. The lowest BCUT2D eigenvalue weighted by Crippen LogP contribution is -2.16. The number of rotatable bonds is 3. The molecule has 0 saturated carbocycles. The van der Waals surface area contributed by atoms with Gasteiger partial charge in [-0.05, 0) is 29.0 Å². The summed E-state index contributed by atoms with van der Waals surface area (Å²) >= 11 is 1.68. The number of nitrogens with zero attached hydrogens (tertiary/aromatic N) is 2. The van der Waals surface area contributed by atoms with E-state index >= 15 is 0 Å². The van der Waals surface area contributed by atoms with Crippen molar-refractivity contribution in [2.24, 2.45) is 0 Å². The number of halogens is 2. The predicted octanol–water partition coefficient (Wildman–Crippen LogP) is 5.30. The van der Waals surface area contributed by atoms with Crippen LogP contribution in [0.2, 0.25) is 0 Å². The van der Waals surface area contributed by atoms with E-state index in [9.17, 15) is 13.6 Å². The number of hydrogen-bond donors (Lipinski definition) is 1. The van der Waals surface area contributed by atoms with E-state index < -0.39 is 11.6 Å². The molecule has 1 aromatic heterocycles. The number of amides is 1. The quantitative estimate of drug-likeness (QED) is 0.501. The summed E-state index contributed by atoms with van der Waals surface area (Å²) in [4.78, 5) is 13.1. The SMILES string of the molecule is O=C(Nc1c2c(nn1-c1cc(F)cc(F)c1)CSC2)c1cccc2ccccc12. The minimum absolute atomic E-state index is 0.232. The van der Waals surface area contributed by atoms with Crippen LogP contribution in [0.1, 0.15) is 21.6 Å². The van der Waals surface area contributed by atoms with E-state index in [-0.39, 0.29) is 11.6 Å². The van der Waals surface area contributed by atoms with E-state index in [0.29, 0.717) is 22.9 Å². The zero-order valence-electron chi connectivity index (χ0n) is 15.2. The maximum atomic E-state index is 13.8. The fourth-order valence-electron chi connectivity index (χ4n) is 3.59. The Morgan fingerprint density at radius 3 is 2.59 bits per heavy atom. The first kappa shape index (κ1) is 17.9. The molecule has 4 nitrogen and oxygen atoms in total. The number of anilines is 1. The van der Waals surface area contributed by atoms with Crippen molar-refractivity contribution in [3.8, 4) is 5.69 Å². The van der Waals surface area contributed by atoms with Crippen LogP contribution < -0.4 is 5.32 Å². The highest BCUT2D eigenvalue weighted by atomic mass is 32.2. The van der Waals surface area contributed by atoms with Gasteiger partial charge in [0.25, 0.3) is 5.91 Å². The molecule has 0 saturated heterocycles. The summed E-state index contributed by atoms with van der Waals surface area (Å²) < 4.78 is 29.0. The van der Waals surface area contributed by atoms with Gasteiger partial charge in [-0.25, -0.2) is 13.5 Å². The summed E-state index contributed by atoms with van der Waals surface area (Å²) in [6.45, 7) is 0. The van der Waals surface area contributed by atoms with Gasteiger partial charge >= 0.3 is 0 Å². The average Bonchev–Trinajstić information content (AvgIpc) is 3.29. The molecule has 0 atom stereocenters. The molecule has 1 amide bonds. The van der Waals surface area contributed by atoms with Crippen LogP contribution in [0.25, 0.3) is 16.5 Å². The maximum absolute atomic E-state index is 13.8. The zero-order valence-corrected chi connectivity index (χ0v) is 16.0. The van der Waals surface area contributed by atoms with E-state index in [2.05, 4.69) is 10.4 Å². The van der Waals surface area contributed by atoms with E-state index in [1.54, 1.807) is 17.8 Å². The summed E-state index contributed by atoms with van der Waals surface area (Å²) in [6.07, 6.45) is 0. The Morgan fingerprint density at radius 2 is 1.76 bits per heavy atom. The number of hydrogen-bond acceptors (Lipinski definition) is 3. The van der Waals surface area contributed by atoms with Gasteiger partial charge in [-0.1, -0.05) is 36.4 Å². The summed E-state index contributed by atoms with van der Waals surface area (Å²) in [5, 5.41) is 9.23. The monoisotopic (exact) mass is 407 g/mol. The standard InChI is InChI=1S/C22H15F2N3OS/c23-14-8-15(24)10-16(9-14)27-21(19-11-29-12-20(19)26-27)25-22(28)18-7-3-5-13-4-1-2-6-17(13)18/h1-10H,11-12H2,(H,25,28). The lowest BCUT2D eigenvalue weighted by atomic mass is 10.0. The molecule has 5 rings (SSSR count). The van der Waals surface area contributed by atoms with Crippen molar-refractivity contribution in [3.05, 3.63) is 89.1 Å². The molecule has 1 aliphatic heterocycles. The molecule has 0 aliphatic carbocycles. The third kappa shape index (κ3) is 3.17. The topological polar surface area (TPSA) is 46.9 Å². The Morgan fingerprint density at radius 1 is 1.00 bits per heavy atom. The van der Waals surface area contributed by atoms with Gasteiger partial charge in [-0.15, -0.1) is 0 Å². The number of fused-ring (bicyclic) bond motifs is 2. The zero-order chi connectivity index (χ0) is 20.0. The Balaban J connectivity index is 1.60. The molecule has 7 heteroatoms. The van der Waals surface area contributed by atoms with Crippen molar-refractivity contribution in [1.29, 1.82) is 0 Å². The molecule has 4 aromatic rings. The van der Waals surface area contributed by atoms with Crippen LogP contribution in [0, 0.1) is 11.6 Å². The number of nitrogens with one attached hydrogen (secondary N) is 1. The molecule has 144 valence electrons. The van der Waals surface area contributed by atoms with Gasteiger partial charge < -0.3 is 5.32 Å². The third-order valence-electron chi connectivity index (χ3n) is 4.91. The van der Waals surface area contributed by atoms with E-state index in [1.165, 1.54) is 16.8 Å². The minimum atomic E-state index is -0.698. The van der Waals surface area contributed by atoms with Crippen LogP contribution in [-0.2, 0) is 11.5 Å². The van der Waals surface area contributed by atoms with Crippen molar-refractivity contribution in [2.45, 2.75) is 11.5 Å². The fourth-order valence-corrected chi connectivity index (χ4v) is 4.62. The van der Waals surface area contributed by atoms with Crippen molar-refractivity contribution in [2.75, 3.05) is 5.32 Å². The van der Waals surface area contributed by atoms with Crippen LogP contribution in [0.15, 0.2) is 60.7 Å². The number of aromatic nitrogens is 2. The molecular formula is C22H15F2N3OS. The highest BCUT2D eigenvalue weighted by Crippen LogP contribution is 2.36. The second-order valence-corrected chi connectivity index (χ2v) is 7.77. The highest BCUT2D eigenvalue weighted by Gasteiger charge is 2.25. The number of carbonyl (C=O) groups excluding carboxylic acids is 1. The van der Waals surface area contributed by atoms with Crippen LogP contribution in [0.3, 0.4) is 0 Å². The molecule has 29 heavy (non-hydrogen) atoms. The fraction of sp³-hybridized carbons (Fsp3) is 0.0909. The molecule has 0 spiro atoms. The van der Waals surface area contributed by atoms with Crippen molar-refractivity contribution in [3.63, 3.8) is 0 Å². The highest BCUT2D eigenvalue weighted by molar-refractivity contribution is 7.98. The molecule has 2 heterocycles.